The van der Waals surface area contributed by atoms with E-state index in [0.29, 0.717) is 30.0 Å². The molecule has 4 rings (SSSR count). The Hall–Kier alpha value is -4.86. The van der Waals surface area contributed by atoms with Gasteiger partial charge in [0.1, 0.15) is 0 Å². The maximum absolute atomic E-state index is 13.3. The molecule has 2 amide bonds. The number of aromatic nitrogens is 4. The summed E-state index contributed by atoms with van der Waals surface area (Å²) in [5.41, 5.74) is 4.27. The van der Waals surface area contributed by atoms with Crippen LogP contribution < -0.4 is 10.2 Å². The molecular formula is C28H28N6O4. The van der Waals surface area contributed by atoms with Crippen LogP contribution in [0.2, 0.25) is 0 Å². The third-order valence-corrected chi connectivity index (χ3v) is 6.01. The number of carboxylic acids is 1. The molecule has 0 aliphatic rings. The third kappa shape index (κ3) is 6.09. The Morgan fingerprint density at radius 1 is 1.00 bits per heavy atom. The van der Waals surface area contributed by atoms with E-state index in [4.69, 9.17) is 0 Å². The van der Waals surface area contributed by atoms with Gasteiger partial charge in [-0.05, 0) is 46.5 Å². The van der Waals surface area contributed by atoms with Gasteiger partial charge in [-0.25, -0.2) is 4.79 Å². The Morgan fingerprint density at radius 3 is 2.37 bits per heavy atom. The monoisotopic (exact) mass is 512 g/mol. The summed E-state index contributed by atoms with van der Waals surface area (Å²) in [4.78, 5) is 38.4. The fraction of sp³-hybridized carbons (Fsp3) is 0.214. The number of anilines is 2. The summed E-state index contributed by atoms with van der Waals surface area (Å²) in [6.45, 7) is 3.56. The lowest BCUT2D eigenvalue weighted by Gasteiger charge is -2.26. The molecule has 0 unspecified atom stereocenters. The van der Waals surface area contributed by atoms with Gasteiger partial charge >= 0.3 is 5.97 Å². The van der Waals surface area contributed by atoms with Crippen molar-refractivity contribution in [3.05, 3.63) is 77.9 Å². The SMILES string of the molecule is CCCCC(=O)N(Cc1ccc(-c2ccccc2-c2nn[nH]n2)cc1)c1cc(C(=O)O)ccc1NC(C)=O. The van der Waals surface area contributed by atoms with Crippen LogP contribution in [-0.2, 0) is 16.1 Å². The van der Waals surface area contributed by atoms with Crippen LogP contribution in [-0.4, -0.2) is 43.5 Å². The molecule has 194 valence electrons. The van der Waals surface area contributed by atoms with E-state index in [-0.39, 0.29) is 23.9 Å². The Bertz CT molecular complexity index is 1430. The van der Waals surface area contributed by atoms with Crippen molar-refractivity contribution in [1.29, 1.82) is 0 Å². The number of amides is 2. The van der Waals surface area contributed by atoms with E-state index in [0.717, 1.165) is 28.7 Å². The molecule has 38 heavy (non-hydrogen) atoms. The fourth-order valence-electron chi connectivity index (χ4n) is 4.13. The summed E-state index contributed by atoms with van der Waals surface area (Å²) in [5, 5.41) is 26.6. The fourth-order valence-corrected chi connectivity index (χ4v) is 4.13. The molecule has 3 N–H and O–H groups in total. The van der Waals surface area contributed by atoms with Crippen LogP contribution in [0.1, 0.15) is 49.0 Å². The normalized spacial score (nSPS) is 10.7. The van der Waals surface area contributed by atoms with Crippen molar-refractivity contribution in [1.82, 2.24) is 20.6 Å². The predicted molar refractivity (Wildman–Crippen MR) is 143 cm³/mol. The highest BCUT2D eigenvalue weighted by molar-refractivity contribution is 6.02. The van der Waals surface area contributed by atoms with Crippen LogP contribution in [0, 0.1) is 0 Å². The topological polar surface area (TPSA) is 141 Å². The number of aromatic carboxylic acids is 1. The second-order valence-corrected chi connectivity index (χ2v) is 8.78. The first kappa shape index (κ1) is 26.2. The van der Waals surface area contributed by atoms with Crippen molar-refractivity contribution in [2.75, 3.05) is 10.2 Å². The van der Waals surface area contributed by atoms with Crippen molar-refractivity contribution < 1.29 is 19.5 Å². The van der Waals surface area contributed by atoms with Gasteiger partial charge in [-0.2, -0.15) is 5.21 Å². The van der Waals surface area contributed by atoms with E-state index in [1.807, 2.05) is 55.5 Å². The molecule has 3 aromatic carbocycles. The van der Waals surface area contributed by atoms with Gasteiger partial charge in [0.05, 0.1) is 23.5 Å². The zero-order valence-electron chi connectivity index (χ0n) is 21.1. The van der Waals surface area contributed by atoms with Crippen molar-refractivity contribution in [3.8, 4) is 22.5 Å². The first-order valence-corrected chi connectivity index (χ1v) is 12.2. The zero-order valence-corrected chi connectivity index (χ0v) is 21.1. The Morgan fingerprint density at radius 2 is 1.74 bits per heavy atom. The van der Waals surface area contributed by atoms with Crippen molar-refractivity contribution in [3.63, 3.8) is 0 Å². The Kier molecular flexibility index (Phi) is 8.22. The molecule has 1 heterocycles. The van der Waals surface area contributed by atoms with E-state index in [9.17, 15) is 19.5 Å². The van der Waals surface area contributed by atoms with Crippen molar-refractivity contribution >= 4 is 29.2 Å². The van der Waals surface area contributed by atoms with Crippen molar-refractivity contribution in [2.24, 2.45) is 0 Å². The Labute approximate surface area is 219 Å². The maximum Gasteiger partial charge on any atom is 0.335 e. The smallest absolute Gasteiger partial charge is 0.335 e. The van der Waals surface area contributed by atoms with Gasteiger partial charge in [-0.1, -0.05) is 61.9 Å². The van der Waals surface area contributed by atoms with Crippen LogP contribution in [0.3, 0.4) is 0 Å². The molecule has 0 spiro atoms. The second kappa shape index (κ2) is 11.9. The second-order valence-electron chi connectivity index (χ2n) is 8.78. The number of carbonyl (C=O) groups excluding carboxylic acids is 2. The summed E-state index contributed by atoms with van der Waals surface area (Å²) in [6.07, 6.45) is 1.82. The Balaban J connectivity index is 1.69. The quantitative estimate of drug-likeness (QED) is 0.274. The number of hydrogen-bond acceptors (Lipinski definition) is 6. The molecule has 0 saturated carbocycles. The minimum absolute atomic E-state index is 0.0239. The van der Waals surface area contributed by atoms with Crippen LogP contribution in [0.25, 0.3) is 22.5 Å². The van der Waals surface area contributed by atoms with Crippen LogP contribution in [0.15, 0.2) is 66.7 Å². The number of carboxylic acid groups (broad SMARTS) is 1. The number of carbonyl (C=O) groups is 3. The summed E-state index contributed by atoms with van der Waals surface area (Å²) >= 11 is 0. The number of aromatic amines is 1. The number of hydrogen-bond donors (Lipinski definition) is 3. The van der Waals surface area contributed by atoms with Crippen LogP contribution in [0.5, 0.6) is 0 Å². The largest absolute Gasteiger partial charge is 0.478 e. The molecule has 0 fully saturated rings. The van der Waals surface area contributed by atoms with Gasteiger partial charge in [0.25, 0.3) is 0 Å². The number of H-pyrrole nitrogens is 1. The summed E-state index contributed by atoms with van der Waals surface area (Å²) < 4.78 is 0. The average molecular weight is 513 g/mol. The first-order valence-electron chi connectivity index (χ1n) is 12.2. The number of rotatable bonds is 10. The molecule has 0 aliphatic carbocycles. The minimum atomic E-state index is -1.12. The standard InChI is InChI=1S/C28H28N6O4/c1-3-4-9-26(36)34(25-16-21(28(37)38)14-15-24(25)29-18(2)35)17-19-10-12-20(13-11-19)22-7-5-6-8-23(22)27-30-32-33-31-27/h5-8,10-16H,3-4,9,17H2,1-2H3,(H,29,35)(H,37,38)(H,30,31,32,33). The van der Waals surface area contributed by atoms with E-state index in [2.05, 4.69) is 25.9 Å². The lowest BCUT2D eigenvalue weighted by molar-refractivity contribution is -0.119. The highest BCUT2D eigenvalue weighted by atomic mass is 16.4. The molecule has 0 radical (unpaired) electrons. The lowest BCUT2D eigenvalue weighted by Crippen LogP contribution is -2.31. The molecule has 1 aromatic heterocycles. The van der Waals surface area contributed by atoms with Crippen LogP contribution in [0.4, 0.5) is 11.4 Å². The summed E-state index contributed by atoms with van der Waals surface area (Å²) in [7, 11) is 0. The van der Waals surface area contributed by atoms with Gasteiger partial charge in [0.2, 0.25) is 17.6 Å². The summed E-state index contributed by atoms with van der Waals surface area (Å²) in [5.74, 6) is -1.11. The molecule has 0 atom stereocenters. The number of nitrogens with zero attached hydrogens (tertiary/aromatic N) is 4. The third-order valence-electron chi connectivity index (χ3n) is 6.01. The highest BCUT2D eigenvalue weighted by Gasteiger charge is 2.22. The lowest BCUT2D eigenvalue weighted by atomic mass is 9.98. The van der Waals surface area contributed by atoms with Gasteiger partial charge in [-0.15, -0.1) is 10.2 Å². The maximum atomic E-state index is 13.3. The van der Waals surface area contributed by atoms with Gasteiger partial charge < -0.3 is 15.3 Å². The van der Waals surface area contributed by atoms with Gasteiger partial charge in [0.15, 0.2) is 0 Å². The molecule has 10 nitrogen and oxygen atoms in total. The van der Waals surface area contributed by atoms with Gasteiger partial charge in [0, 0.05) is 18.9 Å². The minimum Gasteiger partial charge on any atom is -0.478 e. The molecule has 0 aliphatic heterocycles. The van der Waals surface area contributed by atoms with Crippen molar-refractivity contribution in [2.45, 2.75) is 39.7 Å². The molecule has 4 aromatic rings. The van der Waals surface area contributed by atoms with E-state index < -0.39 is 5.97 Å². The number of tetrazole rings is 1. The van der Waals surface area contributed by atoms with E-state index in [1.165, 1.54) is 30.0 Å². The van der Waals surface area contributed by atoms with Gasteiger partial charge in [-0.3, -0.25) is 9.59 Å². The predicted octanol–water partition coefficient (Wildman–Crippen LogP) is 4.91. The number of benzene rings is 3. The van der Waals surface area contributed by atoms with E-state index >= 15 is 0 Å². The van der Waals surface area contributed by atoms with Crippen LogP contribution >= 0.6 is 0 Å². The molecule has 10 heteroatoms. The molecule has 0 bridgehead atoms. The zero-order chi connectivity index (χ0) is 27.1. The highest BCUT2D eigenvalue weighted by Crippen LogP contribution is 2.32. The first-order chi connectivity index (χ1) is 18.4. The average Bonchev–Trinajstić information content (AvgIpc) is 3.46. The number of unbranched alkanes of at least 4 members (excludes halogenated alkanes) is 1. The van der Waals surface area contributed by atoms with E-state index in [1.54, 1.807) is 0 Å². The summed E-state index contributed by atoms with van der Waals surface area (Å²) in [6, 6.07) is 19.8. The molecule has 0 saturated heterocycles. The molecular weight excluding hydrogens is 484 g/mol. The number of nitrogens with one attached hydrogen (secondary N) is 2.